The average Bonchev–Trinajstić information content (AvgIpc) is 3.16. The van der Waals surface area contributed by atoms with Crippen LogP contribution in [0.1, 0.15) is 17.0 Å². The Hall–Kier alpha value is -2.91. The number of halogens is 3. The van der Waals surface area contributed by atoms with Crippen LogP contribution in [0.3, 0.4) is 0 Å². The van der Waals surface area contributed by atoms with Crippen molar-refractivity contribution < 1.29 is 33.4 Å². The van der Waals surface area contributed by atoms with Gasteiger partial charge in [-0.25, -0.2) is 28.2 Å². The molecule has 2 N–H and O–H groups in total. The summed E-state index contributed by atoms with van der Waals surface area (Å²) in [6.07, 6.45) is 6.22. The van der Waals surface area contributed by atoms with Crippen LogP contribution in [0, 0.1) is 29.5 Å². The number of nitrogens with one attached hydrogen (secondary N) is 2. The van der Waals surface area contributed by atoms with E-state index in [1.54, 1.807) is 0 Å². The van der Waals surface area contributed by atoms with E-state index in [0.717, 1.165) is 39.4 Å². The van der Waals surface area contributed by atoms with Crippen LogP contribution in [0.4, 0.5) is 11.4 Å². The molecule has 4 aromatic rings. The fourth-order valence-electron chi connectivity index (χ4n) is 3.84. The average molecular weight is 594 g/mol. The largest absolute Gasteiger partial charge is 0.332 e. The molecule has 1 aromatic heterocycles. The third-order valence-electron chi connectivity index (χ3n) is 5.56. The van der Waals surface area contributed by atoms with Crippen LogP contribution in [0.2, 0.25) is 10.0 Å². The maximum Gasteiger partial charge on any atom is 0.252 e. The van der Waals surface area contributed by atoms with Gasteiger partial charge in [0.25, 0.3) is 5.82 Å². The molecule has 1 heterocycles. The SMILES string of the molecule is C#CC[n+]1c(C)[nH]c2cc(Cl)c(Cl)c(Cc3ccc(NC(=S)N(C)c4ccccc4)cc3)c21.[O-][Cl+3]([O-])([O-])[O-]. The highest BCUT2D eigenvalue weighted by Crippen LogP contribution is 2.33. The van der Waals surface area contributed by atoms with E-state index < -0.39 is 10.2 Å². The number of terminal acetylenes is 1. The molecule has 198 valence electrons. The molecular weight excluding hydrogens is 571 g/mol. The fraction of sp³-hybridized carbons (Fsp3) is 0.154. The van der Waals surface area contributed by atoms with Gasteiger partial charge in [-0.1, -0.05) is 59.5 Å². The minimum Gasteiger partial charge on any atom is -0.332 e. The van der Waals surface area contributed by atoms with Crippen LogP contribution in [-0.2, 0) is 13.0 Å². The molecule has 3 aromatic carbocycles. The second-order valence-electron chi connectivity index (χ2n) is 8.12. The van der Waals surface area contributed by atoms with E-state index in [0.29, 0.717) is 28.1 Å². The monoisotopic (exact) mass is 592 g/mol. The van der Waals surface area contributed by atoms with E-state index in [1.807, 2.05) is 67.4 Å². The standard InChI is InChI=1S/C26H22Cl2N4S.ClHO4/c1-4-14-32-17(2)29-23-16-22(27)24(28)21(25(23)32)15-18-10-12-19(13-11-18)30-26(33)31(3)20-8-6-5-7-9-20;2-1(3,4)5/h1,5-13,16H,14-15H2,2-3H3,(H,30,33);(H,2,3,4,5). The number of aryl methyl sites for hydroxylation is 1. The number of fused-ring (bicyclic) bond motifs is 1. The predicted octanol–water partition coefficient (Wildman–Crippen LogP) is 1.37. The molecule has 0 saturated heterocycles. The van der Waals surface area contributed by atoms with E-state index in [-0.39, 0.29) is 0 Å². The molecule has 4 rings (SSSR count). The van der Waals surface area contributed by atoms with E-state index in [4.69, 9.17) is 60.5 Å². The maximum absolute atomic E-state index is 8.49. The zero-order valence-electron chi connectivity index (χ0n) is 20.3. The van der Waals surface area contributed by atoms with Crippen LogP contribution in [0.25, 0.3) is 11.0 Å². The third kappa shape index (κ3) is 7.80. The lowest BCUT2D eigenvalue weighted by Gasteiger charge is -2.21. The molecule has 38 heavy (non-hydrogen) atoms. The lowest BCUT2D eigenvalue weighted by atomic mass is 10.0. The van der Waals surface area contributed by atoms with Crippen molar-refractivity contribution in [2.75, 3.05) is 17.3 Å². The highest BCUT2D eigenvalue weighted by molar-refractivity contribution is 7.80. The smallest absolute Gasteiger partial charge is 0.252 e. The molecule has 12 heteroatoms. The lowest BCUT2D eigenvalue weighted by Crippen LogP contribution is -2.68. The van der Waals surface area contributed by atoms with Crippen molar-refractivity contribution in [1.82, 2.24) is 4.98 Å². The second kappa shape index (κ2) is 12.8. The van der Waals surface area contributed by atoms with Gasteiger partial charge in [0.2, 0.25) is 0 Å². The van der Waals surface area contributed by atoms with Crippen molar-refractivity contribution in [2.45, 2.75) is 19.9 Å². The molecule has 8 nitrogen and oxygen atoms in total. The summed E-state index contributed by atoms with van der Waals surface area (Å²) < 4.78 is 36.0. The zero-order chi connectivity index (χ0) is 28.0. The highest BCUT2D eigenvalue weighted by atomic mass is 35.7. The summed E-state index contributed by atoms with van der Waals surface area (Å²) in [5, 5.41) is 4.96. The molecule has 0 unspecified atom stereocenters. The van der Waals surface area contributed by atoms with E-state index in [9.17, 15) is 0 Å². The van der Waals surface area contributed by atoms with Crippen molar-refractivity contribution in [3.63, 3.8) is 0 Å². The normalized spacial score (nSPS) is 10.9. The Morgan fingerprint density at radius 1 is 1.11 bits per heavy atom. The van der Waals surface area contributed by atoms with Gasteiger partial charge < -0.3 is 10.2 Å². The van der Waals surface area contributed by atoms with Crippen LogP contribution in [0.5, 0.6) is 0 Å². The number of hydrogen-bond acceptors (Lipinski definition) is 5. The van der Waals surface area contributed by atoms with Crippen molar-refractivity contribution in [2.24, 2.45) is 0 Å². The minimum absolute atomic E-state index is 0.450. The molecule has 0 atom stereocenters. The number of imidazole rings is 1. The number of H-pyrrole nitrogens is 1. The van der Waals surface area contributed by atoms with Crippen molar-refractivity contribution >= 4 is 62.9 Å². The summed E-state index contributed by atoms with van der Waals surface area (Å²) in [4.78, 5) is 5.29. The number of para-hydroxylation sites is 1. The first-order chi connectivity index (χ1) is 17.9. The Kier molecular flexibility index (Phi) is 9.95. The van der Waals surface area contributed by atoms with Crippen LogP contribution in [-0.4, -0.2) is 17.1 Å². The molecule has 0 aliphatic heterocycles. The number of aromatic amines is 1. The summed E-state index contributed by atoms with van der Waals surface area (Å²) in [5.74, 6) is 3.67. The lowest BCUT2D eigenvalue weighted by molar-refractivity contribution is -2.00. The van der Waals surface area contributed by atoms with Gasteiger partial charge in [0.1, 0.15) is 0 Å². The quantitative estimate of drug-likeness (QED) is 0.203. The van der Waals surface area contributed by atoms with Gasteiger partial charge in [0.15, 0.2) is 22.7 Å². The molecule has 0 aliphatic carbocycles. The Balaban J connectivity index is 0.000000732. The number of hydrogen-bond donors (Lipinski definition) is 2. The first kappa shape index (κ1) is 29.6. The van der Waals surface area contributed by atoms with Gasteiger partial charge in [0.05, 0.1) is 10.0 Å². The van der Waals surface area contributed by atoms with Crippen molar-refractivity contribution in [3.05, 3.63) is 87.7 Å². The van der Waals surface area contributed by atoms with Gasteiger partial charge in [-0.2, -0.15) is 0 Å². The molecular formula is C26H23Cl3N4O4S. The Morgan fingerprint density at radius 2 is 1.71 bits per heavy atom. The fourth-order valence-corrected chi connectivity index (χ4v) is 4.50. The van der Waals surface area contributed by atoms with Gasteiger partial charge in [-0.05, 0) is 42.0 Å². The third-order valence-corrected chi connectivity index (χ3v) is 6.76. The number of aromatic nitrogens is 2. The van der Waals surface area contributed by atoms with E-state index in [2.05, 4.69) is 32.9 Å². The summed E-state index contributed by atoms with van der Waals surface area (Å²) in [6, 6.07) is 20.0. The maximum atomic E-state index is 8.49. The van der Waals surface area contributed by atoms with E-state index in [1.165, 1.54) is 0 Å². The molecule has 0 spiro atoms. The van der Waals surface area contributed by atoms with Crippen LogP contribution in [0.15, 0.2) is 60.7 Å². The van der Waals surface area contributed by atoms with Crippen molar-refractivity contribution in [3.8, 4) is 12.3 Å². The summed E-state index contributed by atoms with van der Waals surface area (Å²) in [6.45, 7) is 2.44. The Bertz CT molecular complexity index is 1460. The predicted molar refractivity (Wildman–Crippen MR) is 142 cm³/mol. The second-order valence-corrected chi connectivity index (χ2v) is 10.1. The first-order valence-electron chi connectivity index (χ1n) is 11.0. The summed E-state index contributed by atoms with van der Waals surface area (Å²) >= 11 is 18.6. The first-order valence-corrected chi connectivity index (χ1v) is 13.4. The number of rotatable bonds is 5. The Morgan fingerprint density at radius 3 is 2.29 bits per heavy atom. The zero-order valence-corrected chi connectivity index (χ0v) is 23.4. The molecule has 0 bridgehead atoms. The number of nitrogens with zero attached hydrogens (tertiary/aromatic N) is 2. The molecule has 0 aliphatic rings. The molecule has 0 radical (unpaired) electrons. The van der Waals surface area contributed by atoms with E-state index >= 15 is 0 Å². The van der Waals surface area contributed by atoms with Gasteiger partial charge in [0, 0.05) is 43.4 Å². The van der Waals surface area contributed by atoms with Crippen LogP contribution >= 0.6 is 35.4 Å². The number of benzene rings is 3. The van der Waals surface area contributed by atoms with Gasteiger partial charge in [-0.3, -0.25) is 0 Å². The Labute approximate surface area is 237 Å². The minimum atomic E-state index is -4.94. The topological polar surface area (TPSA) is 127 Å². The van der Waals surface area contributed by atoms with Crippen molar-refractivity contribution in [1.29, 1.82) is 0 Å². The number of anilines is 2. The van der Waals surface area contributed by atoms with Crippen LogP contribution < -0.4 is 33.4 Å². The molecule has 0 saturated carbocycles. The molecule has 0 fully saturated rings. The highest BCUT2D eigenvalue weighted by Gasteiger charge is 2.23. The number of thiocarbonyl (C=S) groups is 1. The molecule has 0 amide bonds. The van der Waals surface area contributed by atoms with Gasteiger partial charge >= 0.3 is 0 Å². The van der Waals surface area contributed by atoms with Gasteiger partial charge in [-0.15, -0.1) is 16.7 Å². The summed E-state index contributed by atoms with van der Waals surface area (Å²) in [7, 11) is -3.00. The summed E-state index contributed by atoms with van der Waals surface area (Å²) in [5.41, 5.74) is 5.87.